The first-order valence-corrected chi connectivity index (χ1v) is 7.44. The van der Waals surface area contributed by atoms with Gasteiger partial charge in [0.1, 0.15) is 5.60 Å². The number of carbonyl (C=O) groups excluding carboxylic acids is 2. The van der Waals surface area contributed by atoms with E-state index in [1.165, 1.54) is 18.9 Å². The maximum absolute atomic E-state index is 11.6. The third kappa shape index (κ3) is 7.55. The number of methoxy groups -OCH3 is 1. The first-order chi connectivity index (χ1) is 9.80. The fraction of sp³-hybridized carbons (Fsp3) is 0.500. The standard InChI is InChI=1S/C14H20N2O4S/c1-14(2,3)20-13(18)16-10-5-6-11(15-9-10)21-8-7-12(17)19-4/h5-6,9H,7-8H2,1-4H3,(H,16,18). The second-order valence-electron chi connectivity index (χ2n) is 5.19. The molecule has 1 heterocycles. The van der Waals surface area contributed by atoms with Gasteiger partial charge in [0.15, 0.2) is 0 Å². The highest BCUT2D eigenvalue weighted by atomic mass is 32.2. The molecule has 0 saturated heterocycles. The lowest BCUT2D eigenvalue weighted by Gasteiger charge is -2.19. The summed E-state index contributed by atoms with van der Waals surface area (Å²) in [6, 6.07) is 3.51. The van der Waals surface area contributed by atoms with E-state index >= 15 is 0 Å². The molecule has 0 atom stereocenters. The molecule has 0 radical (unpaired) electrons. The van der Waals surface area contributed by atoms with Crippen molar-refractivity contribution in [2.24, 2.45) is 0 Å². The number of pyridine rings is 1. The summed E-state index contributed by atoms with van der Waals surface area (Å²) < 4.78 is 9.70. The SMILES string of the molecule is COC(=O)CCSc1ccc(NC(=O)OC(C)(C)C)cn1. The van der Waals surface area contributed by atoms with Crippen molar-refractivity contribution < 1.29 is 19.1 Å². The third-order valence-corrected chi connectivity index (χ3v) is 3.11. The van der Waals surface area contributed by atoms with Gasteiger partial charge in [-0.1, -0.05) is 0 Å². The molecule has 1 N–H and O–H groups in total. The van der Waals surface area contributed by atoms with Crippen LogP contribution in [0.4, 0.5) is 10.5 Å². The van der Waals surface area contributed by atoms with Crippen LogP contribution in [0.2, 0.25) is 0 Å². The van der Waals surface area contributed by atoms with E-state index in [1.54, 1.807) is 39.1 Å². The Kier molecular flexibility index (Phi) is 6.48. The summed E-state index contributed by atoms with van der Waals surface area (Å²) in [5, 5.41) is 3.37. The number of amides is 1. The van der Waals surface area contributed by atoms with Crippen LogP contribution in [0.1, 0.15) is 27.2 Å². The molecule has 116 valence electrons. The van der Waals surface area contributed by atoms with Crippen LogP contribution in [0.3, 0.4) is 0 Å². The zero-order chi connectivity index (χ0) is 15.9. The minimum Gasteiger partial charge on any atom is -0.469 e. The Morgan fingerprint density at radius 1 is 1.33 bits per heavy atom. The summed E-state index contributed by atoms with van der Waals surface area (Å²) in [5.41, 5.74) is 0.0165. The summed E-state index contributed by atoms with van der Waals surface area (Å²) >= 11 is 1.45. The molecule has 0 saturated carbocycles. The summed E-state index contributed by atoms with van der Waals surface area (Å²) in [6.45, 7) is 5.39. The zero-order valence-corrected chi connectivity index (χ0v) is 13.5. The van der Waals surface area contributed by atoms with Crippen molar-refractivity contribution in [3.8, 4) is 0 Å². The van der Waals surface area contributed by atoms with E-state index < -0.39 is 11.7 Å². The van der Waals surface area contributed by atoms with Crippen LogP contribution in [0.5, 0.6) is 0 Å². The Hall–Kier alpha value is -1.76. The van der Waals surface area contributed by atoms with Crippen molar-refractivity contribution in [1.82, 2.24) is 4.98 Å². The van der Waals surface area contributed by atoms with Gasteiger partial charge in [-0.3, -0.25) is 10.1 Å². The van der Waals surface area contributed by atoms with Gasteiger partial charge in [0, 0.05) is 5.75 Å². The predicted octanol–water partition coefficient (Wildman–Crippen LogP) is 3.08. The number of anilines is 1. The smallest absolute Gasteiger partial charge is 0.412 e. The Morgan fingerprint density at radius 3 is 2.57 bits per heavy atom. The first-order valence-electron chi connectivity index (χ1n) is 6.46. The molecule has 1 rings (SSSR count). The molecule has 0 aliphatic carbocycles. The van der Waals surface area contributed by atoms with E-state index in [4.69, 9.17) is 4.74 Å². The van der Waals surface area contributed by atoms with E-state index in [-0.39, 0.29) is 5.97 Å². The minimum absolute atomic E-state index is 0.245. The number of thioether (sulfide) groups is 1. The number of hydrogen-bond donors (Lipinski definition) is 1. The molecular weight excluding hydrogens is 292 g/mol. The van der Waals surface area contributed by atoms with Gasteiger partial charge in [-0.25, -0.2) is 9.78 Å². The molecule has 0 aliphatic rings. The molecule has 1 amide bonds. The van der Waals surface area contributed by atoms with Gasteiger partial charge in [0.2, 0.25) is 0 Å². The Balaban J connectivity index is 2.43. The van der Waals surface area contributed by atoms with Gasteiger partial charge in [-0.15, -0.1) is 11.8 Å². The van der Waals surface area contributed by atoms with Crippen molar-refractivity contribution >= 4 is 29.5 Å². The van der Waals surface area contributed by atoms with Crippen LogP contribution in [0, 0.1) is 0 Å². The minimum atomic E-state index is -0.540. The monoisotopic (exact) mass is 312 g/mol. The fourth-order valence-electron chi connectivity index (χ4n) is 1.30. The van der Waals surface area contributed by atoms with Crippen LogP contribution in [-0.2, 0) is 14.3 Å². The molecule has 7 heteroatoms. The first kappa shape index (κ1) is 17.3. The fourth-order valence-corrected chi connectivity index (χ4v) is 2.07. The van der Waals surface area contributed by atoms with Crippen molar-refractivity contribution in [2.75, 3.05) is 18.2 Å². The molecule has 1 aromatic heterocycles. The molecular formula is C14H20N2O4S. The molecule has 0 bridgehead atoms. The zero-order valence-electron chi connectivity index (χ0n) is 12.6. The van der Waals surface area contributed by atoms with Crippen molar-refractivity contribution in [3.63, 3.8) is 0 Å². The molecule has 1 aromatic rings. The number of aromatic nitrogens is 1. The Bertz CT molecular complexity index is 483. The number of esters is 1. The predicted molar refractivity (Wildman–Crippen MR) is 81.5 cm³/mol. The summed E-state index contributed by atoms with van der Waals surface area (Å²) in [4.78, 5) is 26.7. The topological polar surface area (TPSA) is 77.5 Å². The largest absolute Gasteiger partial charge is 0.469 e. The van der Waals surface area contributed by atoms with Gasteiger partial charge >= 0.3 is 12.1 Å². The highest BCUT2D eigenvalue weighted by Gasteiger charge is 2.16. The molecule has 0 aliphatic heterocycles. The summed E-state index contributed by atoms with van der Waals surface area (Å²) in [6.07, 6.45) is 1.36. The second kappa shape index (κ2) is 7.87. The van der Waals surface area contributed by atoms with Gasteiger partial charge in [-0.2, -0.15) is 0 Å². The Labute approximate surface area is 128 Å². The number of ether oxygens (including phenoxy) is 2. The van der Waals surface area contributed by atoms with E-state index in [0.717, 1.165) is 5.03 Å². The molecule has 0 spiro atoms. The van der Waals surface area contributed by atoms with Crippen LogP contribution in [-0.4, -0.2) is 35.5 Å². The number of nitrogens with zero attached hydrogens (tertiary/aromatic N) is 1. The van der Waals surface area contributed by atoms with E-state index in [2.05, 4.69) is 15.0 Å². The number of rotatable bonds is 5. The quantitative estimate of drug-likeness (QED) is 0.665. The third-order valence-electron chi connectivity index (χ3n) is 2.17. The van der Waals surface area contributed by atoms with E-state index in [1.807, 2.05) is 0 Å². The van der Waals surface area contributed by atoms with Crippen LogP contribution < -0.4 is 5.32 Å². The molecule has 21 heavy (non-hydrogen) atoms. The lowest BCUT2D eigenvalue weighted by Crippen LogP contribution is -2.27. The number of carbonyl (C=O) groups is 2. The van der Waals surface area contributed by atoms with Crippen LogP contribution >= 0.6 is 11.8 Å². The molecule has 0 unspecified atom stereocenters. The number of nitrogens with one attached hydrogen (secondary N) is 1. The van der Waals surface area contributed by atoms with Crippen LogP contribution in [0.25, 0.3) is 0 Å². The van der Waals surface area contributed by atoms with Gasteiger partial charge < -0.3 is 9.47 Å². The summed E-state index contributed by atoms with van der Waals surface area (Å²) in [7, 11) is 1.36. The number of hydrogen-bond acceptors (Lipinski definition) is 6. The van der Waals surface area contributed by atoms with Crippen molar-refractivity contribution in [1.29, 1.82) is 0 Å². The lowest BCUT2D eigenvalue weighted by molar-refractivity contribution is -0.140. The Morgan fingerprint density at radius 2 is 2.05 bits per heavy atom. The van der Waals surface area contributed by atoms with E-state index in [9.17, 15) is 9.59 Å². The maximum atomic E-state index is 11.6. The van der Waals surface area contributed by atoms with Gasteiger partial charge in [0.25, 0.3) is 0 Å². The van der Waals surface area contributed by atoms with Crippen molar-refractivity contribution in [2.45, 2.75) is 37.8 Å². The van der Waals surface area contributed by atoms with Crippen LogP contribution in [0.15, 0.2) is 23.4 Å². The maximum Gasteiger partial charge on any atom is 0.412 e. The highest BCUT2D eigenvalue weighted by molar-refractivity contribution is 7.99. The average Bonchev–Trinajstić information content (AvgIpc) is 2.38. The van der Waals surface area contributed by atoms with Crippen molar-refractivity contribution in [3.05, 3.63) is 18.3 Å². The molecule has 0 aromatic carbocycles. The molecule has 6 nitrogen and oxygen atoms in total. The van der Waals surface area contributed by atoms with Gasteiger partial charge in [0.05, 0.1) is 30.4 Å². The highest BCUT2D eigenvalue weighted by Crippen LogP contribution is 2.18. The molecule has 0 fully saturated rings. The normalized spacial score (nSPS) is 10.9. The van der Waals surface area contributed by atoms with E-state index in [0.29, 0.717) is 17.9 Å². The van der Waals surface area contributed by atoms with Gasteiger partial charge in [-0.05, 0) is 32.9 Å². The second-order valence-corrected chi connectivity index (χ2v) is 6.30. The summed E-state index contributed by atoms with van der Waals surface area (Å²) in [5.74, 6) is 0.351. The lowest BCUT2D eigenvalue weighted by atomic mass is 10.2. The average molecular weight is 312 g/mol.